The lowest BCUT2D eigenvalue weighted by molar-refractivity contribution is -0.122. The van der Waals surface area contributed by atoms with E-state index in [0.29, 0.717) is 13.0 Å². The predicted molar refractivity (Wildman–Crippen MR) is 116 cm³/mol. The molecule has 9 nitrogen and oxygen atoms in total. The molecule has 3 rings (SSSR count). The molecule has 31 heavy (non-hydrogen) atoms. The second-order valence-corrected chi connectivity index (χ2v) is 9.49. The molecule has 10 heteroatoms. The van der Waals surface area contributed by atoms with Crippen molar-refractivity contribution >= 4 is 34.1 Å². The quantitative estimate of drug-likeness (QED) is 0.378. The highest BCUT2D eigenvalue weighted by Crippen LogP contribution is 2.20. The average Bonchev–Trinajstić information content (AvgIpc) is 2.98. The van der Waals surface area contributed by atoms with Gasteiger partial charge in [0, 0.05) is 36.5 Å². The van der Waals surface area contributed by atoms with E-state index in [-0.39, 0.29) is 13.1 Å². The minimum atomic E-state index is -3.77. The Balaban J connectivity index is 1.67. The monoisotopic (exact) mass is 444 g/mol. The standard InChI is InChI=1S/C21H24N4O5S/c1-3-24(15-26)18-6-4-5-17(13-18)8-7-16-9-11-25(12-10-16)31(29,30)14-21(2)19(27)22-20(28)23-21/h4-6,9,13,15H,3,10-12,14H2,1-2H3,(H2,22,23,27,28)/t21-/m1/s1. The van der Waals surface area contributed by atoms with Crippen LogP contribution >= 0.6 is 0 Å². The Kier molecular flexibility index (Phi) is 6.48. The summed E-state index contributed by atoms with van der Waals surface area (Å²) in [6.45, 7) is 4.21. The number of sulfonamides is 1. The van der Waals surface area contributed by atoms with Gasteiger partial charge in [-0.15, -0.1) is 0 Å². The number of carbonyl (C=O) groups excluding carboxylic acids is 3. The van der Waals surface area contributed by atoms with E-state index >= 15 is 0 Å². The Hall–Kier alpha value is -3.16. The van der Waals surface area contributed by atoms with Gasteiger partial charge in [0.15, 0.2) is 0 Å². The first-order valence-corrected chi connectivity index (χ1v) is 11.4. The van der Waals surface area contributed by atoms with E-state index in [0.717, 1.165) is 23.2 Å². The van der Waals surface area contributed by atoms with E-state index in [2.05, 4.69) is 22.5 Å². The predicted octanol–water partition coefficient (Wildman–Crippen LogP) is 0.581. The zero-order valence-corrected chi connectivity index (χ0v) is 18.2. The van der Waals surface area contributed by atoms with E-state index < -0.39 is 33.3 Å². The van der Waals surface area contributed by atoms with Crippen molar-refractivity contribution in [2.24, 2.45) is 0 Å². The van der Waals surface area contributed by atoms with Crippen LogP contribution in [-0.4, -0.2) is 62.0 Å². The SMILES string of the molecule is CCN(C=O)c1cccc(C#CC2=CCN(S(=O)(=O)C[C@@]3(C)NC(=O)NC3=O)CC2)c1. The van der Waals surface area contributed by atoms with Gasteiger partial charge in [0.25, 0.3) is 5.91 Å². The molecule has 0 unspecified atom stereocenters. The van der Waals surface area contributed by atoms with Gasteiger partial charge in [-0.25, -0.2) is 13.2 Å². The first-order chi connectivity index (χ1) is 14.7. The highest BCUT2D eigenvalue weighted by atomic mass is 32.2. The smallest absolute Gasteiger partial charge is 0.322 e. The van der Waals surface area contributed by atoms with Crippen LogP contribution in [-0.2, 0) is 19.6 Å². The van der Waals surface area contributed by atoms with Gasteiger partial charge in [-0.05, 0) is 38.5 Å². The Morgan fingerprint density at radius 1 is 1.29 bits per heavy atom. The van der Waals surface area contributed by atoms with E-state index in [1.165, 1.54) is 11.2 Å². The van der Waals surface area contributed by atoms with Gasteiger partial charge < -0.3 is 10.2 Å². The summed E-state index contributed by atoms with van der Waals surface area (Å²) in [4.78, 5) is 36.0. The molecule has 0 spiro atoms. The molecular weight excluding hydrogens is 420 g/mol. The van der Waals surface area contributed by atoms with Gasteiger partial charge in [0.1, 0.15) is 5.54 Å². The Morgan fingerprint density at radius 3 is 2.65 bits per heavy atom. The number of rotatable bonds is 6. The van der Waals surface area contributed by atoms with Crippen LogP contribution in [0.25, 0.3) is 0 Å². The van der Waals surface area contributed by atoms with Crippen LogP contribution < -0.4 is 15.5 Å². The molecule has 164 valence electrons. The summed E-state index contributed by atoms with van der Waals surface area (Å²) in [6.07, 6.45) is 2.96. The number of anilines is 1. The number of amides is 4. The molecule has 1 saturated heterocycles. The van der Waals surface area contributed by atoms with E-state index in [1.54, 1.807) is 11.0 Å². The van der Waals surface area contributed by atoms with Crippen molar-refractivity contribution in [3.8, 4) is 11.8 Å². The van der Waals surface area contributed by atoms with Crippen molar-refractivity contribution in [2.45, 2.75) is 25.8 Å². The number of urea groups is 1. The first-order valence-electron chi connectivity index (χ1n) is 9.81. The van der Waals surface area contributed by atoms with Crippen LogP contribution in [0.5, 0.6) is 0 Å². The van der Waals surface area contributed by atoms with Crippen LogP contribution in [0.15, 0.2) is 35.9 Å². The van der Waals surface area contributed by atoms with Crippen LogP contribution in [0.1, 0.15) is 25.8 Å². The molecule has 1 atom stereocenters. The minimum absolute atomic E-state index is 0.146. The maximum Gasteiger partial charge on any atom is 0.322 e. The van der Waals surface area contributed by atoms with E-state index in [9.17, 15) is 22.8 Å². The number of hydrogen-bond acceptors (Lipinski definition) is 5. The Morgan fingerprint density at radius 2 is 2.06 bits per heavy atom. The van der Waals surface area contributed by atoms with Crippen molar-refractivity contribution in [1.29, 1.82) is 0 Å². The number of nitrogens with one attached hydrogen (secondary N) is 2. The molecule has 1 aromatic rings. The summed E-state index contributed by atoms with van der Waals surface area (Å²) < 4.78 is 26.8. The molecule has 2 aliphatic rings. The van der Waals surface area contributed by atoms with Gasteiger partial charge in [-0.1, -0.05) is 24.0 Å². The van der Waals surface area contributed by atoms with Crippen LogP contribution in [0.4, 0.5) is 10.5 Å². The van der Waals surface area contributed by atoms with Crippen LogP contribution in [0, 0.1) is 11.8 Å². The lowest BCUT2D eigenvalue weighted by Gasteiger charge is -2.28. The van der Waals surface area contributed by atoms with Crippen molar-refractivity contribution in [3.05, 3.63) is 41.5 Å². The van der Waals surface area contributed by atoms with Crippen molar-refractivity contribution in [3.63, 3.8) is 0 Å². The lowest BCUT2D eigenvalue weighted by atomic mass is 10.1. The van der Waals surface area contributed by atoms with Gasteiger partial charge in [-0.2, -0.15) is 4.31 Å². The third-order valence-corrected chi connectivity index (χ3v) is 7.23. The Labute approximate surface area is 181 Å². The van der Waals surface area contributed by atoms with Crippen LogP contribution in [0.2, 0.25) is 0 Å². The fraction of sp³-hybridized carbons (Fsp3) is 0.381. The molecule has 0 aromatic heterocycles. The highest BCUT2D eigenvalue weighted by Gasteiger charge is 2.46. The largest absolute Gasteiger partial charge is 0.322 e. The number of imide groups is 1. The zero-order valence-electron chi connectivity index (χ0n) is 17.3. The summed E-state index contributed by atoms with van der Waals surface area (Å²) in [6, 6.07) is 6.63. The molecule has 0 radical (unpaired) electrons. The fourth-order valence-electron chi connectivity index (χ4n) is 3.39. The average molecular weight is 445 g/mol. The number of benzene rings is 1. The molecule has 1 fully saturated rings. The summed E-state index contributed by atoms with van der Waals surface area (Å²) in [5.74, 6) is 4.96. The third-order valence-electron chi connectivity index (χ3n) is 5.17. The maximum absolute atomic E-state index is 12.7. The van der Waals surface area contributed by atoms with Crippen LogP contribution in [0.3, 0.4) is 0 Å². The molecule has 2 heterocycles. The van der Waals surface area contributed by atoms with E-state index in [4.69, 9.17) is 0 Å². The van der Waals surface area contributed by atoms with Gasteiger partial charge in [0.2, 0.25) is 16.4 Å². The van der Waals surface area contributed by atoms with Gasteiger partial charge >= 0.3 is 6.03 Å². The third kappa shape index (κ3) is 5.13. The second-order valence-electron chi connectivity index (χ2n) is 7.53. The zero-order chi connectivity index (χ0) is 22.6. The lowest BCUT2D eigenvalue weighted by Crippen LogP contribution is -2.52. The molecule has 2 N–H and O–H groups in total. The molecule has 0 saturated carbocycles. The number of carbonyl (C=O) groups is 3. The highest BCUT2D eigenvalue weighted by molar-refractivity contribution is 7.89. The van der Waals surface area contributed by atoms with Gasteiger partial charge in [-0.3, -0.25) is 14.9 Å². The summed E-state index contributed by atoms with van der Waals surface area (Å²) >= 11 is 0. The van der Waals surface area contributed by atoms with Crippen molar-refractivity contribution < 1.29 is 22.8 Å². The summed E-state index contributed by atoms with van der Waals surface area (Å²) in [5, 5.41) is 4.44. The minimum Gasteiger partial charge on any atom is -0.322 e. The second kappa shape index (κ2) is 8.91. The number of hydrogen-bond donors (Lipinski definition) is 2. The van der Waals surface area contributed by atoms with Gasteiger partial charge in [0.05, 0.1) is 5.75 Å². The maximum atomic E-state index is 12.7. The molecule has 2 aliphatic heterocycles. The summed E-state index contributed by atoms with van der Waals surface area (Å²) in [5.41, 5.74) is 0.844. The number of nitrogens with zero attached hydrogens (tertiary/aromatic N) is 2. The Bertz CT molecular complexity index is 1100. The molecule has 4 amide bonds. The van der Waals surface area contributed by atoms with E-state index in [1.807, 2.05) is 31.2 Å². The normalized spacial score (nSPS) is 21.4. The van der Waals surface area contributed by atoms with Crippen molar-refractivity contribution in [2.75, 3.05) is 30.3 Å². The fourth-order valence-corrected chi connectivity index (χ4v) is 5.17. The molecule has 0 aliphatic carbocycles. The van der Waals surface area contributed by atoms with Crippen molar-refractivity contribution in [1.82, 2.24) is 14.9 Å². The molecular formula is C21H24N4O5S. The molecule has 0 bridgehead atoms. The molecule has 1 aromatic carbocycles. The first kappa shape index (κ1) is 22.5. The topological polar surface area (TPSA) is 116 Å². The summed E-state index contributed by atoms with van der Waals surface area (Å²) in [7, 11) is -3.77.